The molecule has 3 N–H and O–H groups in total. The number of hydrogen-bond donors (Lipinski definition) is 3. The topological polar surface area (TPSA) is 73.7 Å². The summed E-state index contributed by atoms with van der Waals surface area (Å²) in [7, 11) is 0. The number of nitrogens with zero attached hydrogens (tertiary/aromatic N) is 1. The van der Waals surface area contributed by atoms with Crippen molar-refractivity contribution in [1.29, 1.82) is 0 Å². The number of carboxylic acid groups (broad SMARTS) is 1. The Bertz CT molecular complexity index is 696. The highest BCUT2D eigenvalue weighted by molar-refractivity contribution is 7.80. The van der Waals surface area contributed by atoms with Crippen LogP contribution in [-0.4, -0.2) is 21.9 Å². The van der Waals surface area contributed by atoms with Gasteiger partial charge in [0.25, 0.3) is 0 Å². The van der Waals surface area contributed by atoms with Crippen LogP contribution >= 0.6 is 23.6 Å². The van der Waals surface area contributed by atoms with Crippen molar-refractivity contribution in [3.8, 4) is 0 Å². The summed E-state index contributed by atoms with van der Waals surface area (Å²) in [6.45, 7) is 2.41. The molecule has 0 atom stereocenters. The number of carboxylic acids is 1. The molecule has 2 rings (SSSR count). The highest BCUT2D eigenvalue weighted by atomic mass is 32.1. The Morgan fingerprint density at radius 3 is 2.55 bits per heavy atom. The number of aromatic carboxylic acids is 1. The maximum Gasteiger partial charge on any atom is 0.345 e. The molecule has 0 saturated carbocycles. The van der Waals surface area contributed by atoms with Crippen LogP contribution in [0.3, 0.4) is 0 Å². The maximum atomic E-state index is 10.8. The number of carbonyl (C=O) groups is 1. The fraction of sp³-hybridized carbons (Fsp3) is 0.133. The normalized spacial score (nSPS) is 11.0. The zero-order valence-corrected chi connectivity index (χ0v) is 13.5. The molecule has 0 unspecified atom stereocenters. The molecular formula is C15H15N3O2S2. The third kappa shape index (κ3) is 4.64. The van der Waals surface area contributed by atoms with E-state index in [4.69, 9.17) is 17.3 Å². The monoisotopic (exact) mass is 333 g/mol. The van der Waals surface area contributed by atoms with Gasteiger partial charge >= 0.3 is 5.97 Å². The molecule has 0 aliphatic rings. The first-order chi connectivity index (χ1) is 10.6. The van der Waals surface area contributed by atoms with E-state index in [1.165, 1.54) is 11.3 Å². The summed E-state index contributed by atoms with van der Waals surface area (Å²) in [4.78, 5) is 11.9. The third-order valence-electron chi connectivity index (χ3n) is 2.79. The molecule has 0 aliphatic heterocycles. The van der Waals surface area contributed by atoms with Gasteiger partial charge in [-0.2, -0.15) is 5.10 Å². The average molecular weight is 333 g/mol. The highest BCUT2D eigenvalue weighted by Crippen LogP contribution is 2.17. The van der Waals surface area contributed by atoms with Crippen molar-refractivity contribution in [3.63, 3.8) is 0 Å². The number of nitrogens with one attached hydrogen (secondary N) is 2. The van der Waals surface area contributed by atoms with Crippen molar-refractivity contribution in [2.45, 2.75) is 13.5 Å². The van der Waals surface area contributed by atoms with Crippen LogP contribution in [0.5, 0.6) is 0 Å². The van der Waals surface area contributed by atoms with Crippen molar-refractivity contribution in [2.24, 2.45) is 5.10 Å². The zero-order valence-electron chi connectivity index (χ0n) is 11.9. The number of hydrazone groups is 1. The molecule has 7 heteroatoms. The van der Waals surface area contributed by atoms with Gasteiger partial charge in [-0.3, -0.25) is 5.43 Å². The molecule has 114 valence electrons. The van der Waals surface area contributed by atoms with Gasteiger partial charge in [-0.05, 0) is 36.8 Å². The first-order valence-corrected chi connectivity index (χ1v) is 7.74. The van der Waals surface area contributed by atoms with Gasteiger partial charge in [-0.15, -0.1) is 11.3 Å². The third-order valence-corrected chi connectivity index (χ3v) is 4.21. The Morgan fingerprint density at radius 2 is 1.91 bits per heavy atom. The molecule has 1 heterocycles. The van der Waals surface area contributed by atoms with Crippen LogP contribution in [0.2, 0.25) is 0 Å². The highest BCUT2D eigenvalue weighted by Gasteiger charge is 2.08. The lowest BCUT2D eigenvalue weighted by Crippen LogP contribution is -2.32. The Hall–Kier alpha value is -2.25. The van der Waals surface area contributed by atoms with Crippen LogP contribution in [0, 0.1) is 0 Å². The van der Waals surface area contributed by atoms with E-state index in [2.05, 4.69) is 15.8 Å². The summed E-state index contributed by atoms with van der Waals surface area (Å²) in [6, 6.07) is 13.2. The lowest BCUT2D eigenvalue weighted by molar-refractivity contribution is 0.0702. The molecular weight excluding hydrogens is 318 g/mol. The average Bonchev–Trinajstić information content (AvgIpc) is 3.02. The molecule has 0 saturated heterocycles. The largest absolute Gasteiger partial charge is 0.477 e. The van der Waals surface area contributed by atoms with E-state index >= 15 is 0 Å². The van der Waals surface area contributed by atoms with Crippen molar-refractivity contribution in [3.05, 3.63) is 57.8 Å². The van der Waals surface area contributed by atoms with E-state index in [0.717, 1.165) is 10.4 Å². The molecule has 22 heavy (non-hydrogen) atoms. The van der Waals surface area contributed by atoms with Crippen molar-refractivity contribution in [1.82, 2.24) is 10.7 Å². The van der Waals surface area contributed by atoms with Crippen molar-refractivity contribution >= 4 is 40.3 Å². The van der Waals surface area contributed by atoms with E-state index < -0.39 is 5.97 Å². The van der Waals surface area contributed by atoms with Crippen molar-refractivity contribution in [2.75, 3.05) is 0 Å². The Labute approximate surface area is 137 Å². The predicted molar refractivity (Wildman–Crippen MR) is 92.5 cm³/mol. The van der Waals surface area contributed by atoms with E-state index in [1.807, 2.05) is 30.3 Å². The van der Waals surface area contributed by atoms with Crippen molar-refractivity contribution < 1.29 is 9.90 Å². The fourth-order valence-electron chi connectivity index (χ4n) is 1.65. The maximum absolute atomic E-state index is 10.8. The van der Waals surface area contributed by atoms with Crippen LogP contribution in [0.1, 0.15) is 27.0 Å². The van der Waals surface area contributed by atoms with E-state index in [9.17, 15) is 4.79 Å². The summed E-state index contributed by atoms with van der Waals surface area (Å²) < 4.78 is 0. The molecule has 1 aromatic heterocycles. The fourth-order valence-corrected chi connectivity index (χ4v) is 2.56. The molecule has 0 fully saturated rings. The van der Waals surface area contributed by atoms with Gasteiger partial charge in [-0.25, -0.2) is 4.79 Å². The van der Waals surface area contributed by atoms with Crippen LogP contribution in [0.25, 0.3) is 0 Å². The standard InChI is InChI=1S/C15H15N3O2S2/c1-10(12-7-8-13(22-12)14(19)20)17-18-15(21)16-9-11-5-3-2-4-6-11/h2-8H,9H2,1H3,(H,19,20)(H2,16,18,21)/b17-10-. The minimum Gasteiger partial charge on any atom is -0.477 e. The summed E-state index contributed by atoms with van der Waals surface area (Å²) in [5.41, 5.74) is 4.56. The van der Waals surface area contributed by atoms with Crippen LogP contribution in [-0.2, 0) is 6.54 Å². The number of thiocarbonyl (C=S) groups is 1. The second-order valence-electron chi connectivity index (χ2n) is 4.45. The number of benzene rings is 1. The Balaban J connectivity index is 1.87. The van der Waals surface area contributed by atoms with E-state index in [0.29, 0.717) is 17.4 Å². The van der Waals surface area contributed by atoms with Gasteiger partial charge in [0.15, 0.2) is 5.11 Å². The van der Waals surface area contributed by atoms with Gasteiger partial charge in [0, 0.05) is 6.54 Å². The predicted octanol–water partition coefficient (Wildman–Crippen LogP) is 2.83. The smallest absolute Gasteiger partial charge is 0.345 e. The second-order valence-corrected chi connectivity index (χ2v) is 5.94. The van der Waals surface area contributed by atoms with Gasteiger partial charge in [0.2, 0.25) is 0 Å². The molecule has 1 aromatic carbocycles. The van der Waals surface area contributed by atoms with Gasteiger partial charge in [0.1, 0.15) is 4.88 Å². The second kappa shape index (κ2) is 7.67. The van der Waals surface area contributed by atoms with Crippen LogP contribution in [0.4, 0.5) is 0 Å². The summed E-state index contributed by atoms with van der Waals surface area (Å²) in [6.07, 6.45) is 0. The zero-order chi connectivity index (χ0) is 15.9. The molecule has 0 amide bonds. The SMILES string of the molecule is C/C(=N/NC(=S)NCc1ccccc1)c1ccc(C(=O)O)s1. The minimum absolute atomic E-state index is 0.286. The molecule has 0 bridgehead atoms. The van der Waals surface area contributed by atoms with Gasteiger partial charge in [-0.1, -0.05) is 30.3 Å². The molecule has 2 aromatic rings. The number of thiophene rings is 1. The van der Waals surface area contributed by atoms with E-state index in [1.54, 1.807) is 19.1 Å². The quantitative estimate of drug-likeness (QED) is 0.446. The minimum atomic E-state index is -0.933. The lowest BCUT2D eigenvalue weighted by atomic mass is 10.2. The number of hydrogen-bond acceptors (Lipinski definition) is 4. The van der Waals surface area contributed by atoms with E-state index in [-0.39, 0.29) is 4.88 Å². The van der Waals surface area contributed by atoms with Gasteiger partial charge < -0.3 is 10.4 Å². The van der Waals surface area contributed by atoms with Crippen LogP contribution in [0.15, 0.2) is 47.6 Å². The molecule has 0 aliphatic carbocycles. The first kappa shape index (κ1) is 16.1. The molecule has 0 spiro atoms. The van der Waals surface area contributed by atoms with Crippen LogP contribution < -0.4 is 10.7 Å². The molecule has 5 nitrogen and oxygen atoms in total. The lowest BCUT2D eigenvalue weighted by Gasteiger charge is -2.07. The summed E-state index contributed by atoms with van der Waals surface area (Å²) >= 11 is 6.33. The number of rotatable bonds is 5. The molecule has 0 radical (unpaired) electrons. The van der Waals surface area contributed by atoms with Gasteiger partial charge in [0.05, 0.1) is 10.6 Å². The Morgan fingerprint density at radius 1 is 1.23 bits per heavy atom. The Kier molecular flexibility index (Phi) is 5.62. The summed E-state index contributed by atoms with van der Waals surface area (Å²) in [5.74, 6) is -0.933. The first-order valence-electron chi connectivity index (χ1n) is 6.52. The summed E-state index contributed by atoms with van der Waals surface area (Å²) in [5, 5.41) is 16.5.